The summed E-state index contributed by atoms with van der Waals surface area (Å²) >= 11 is 0. The summed E-state index contributed by atoms with van der Waals surface area (Å²) in [5, 5.41) is 1.48. The molecule has 1 fully saturated rings. The molecule has 0 bridgehead atoms. The van der Waals surface area contributed by atoms with E-state index in [4.69, 9.17) is 5.73 Å². The number of nitrogens with two attached hydrogens (primary N) is 1. The Morgan fingerprint density at radius 1 is 1.21 bits per heavy atom. The van der Waals surface area contributed by atoms with Gasteiger partial charge in [0.25, 0.3) is 11.6 Å². The van der Waals surface area contributed by atoms with Gasteiger partial charge in [-0.3, -0.25) is 15.4 Å². The van der Waals surface area contributed by atoms with Gasteiger partial charge >= 0.3 is 12.2 Å². The number of urea groups is 1. The normalized spacial score (nSPS) is 23.7. The standard InChI is InChI=1S/C11H10F3N3O2/c12-11(13,14)10(15)8(18)17(9(19)16-10)6-7-4-2-1-3-5-7/h1-5H,6,15H2,(H,16,19)/t10-/m0/s1. The molecule has 0 spiro atoms. The van der Waals surface area contributed by atoms with Crippen LogP contribution in [-0.4, -0.2) is 28.7 Å². The average Bonchev–Trinajstić information content (AvgIpc) is 2.55. The van der Waals surface area contributed by atoms with Gasteiger partial charge in [-0.05, 0) is 5.56 Å². The number of hydrogen-bond donors (Lipinski definition) is 2. The van der Waals surface area contributed by atoms with Crippen molar-refractivity contribution < 1.29 is 22.8 Å². The SMILES string of the molecule is N[C@]1(C(F)(F)F)NC(=O)N(Cc2ccccc2)C1=O. The molecule has 19 heavy (non-hydrogen) atoms. The fourth-order valence-corrected chi connectivity index (χ4v) is 1.70. The van der Waals surface area contributed by atoms with E-state index in [1.165, 1.54) is 5.32 Å². The van der Waals surface area contributed by atoms with Crippen LogP contribution in [0.25, 0.3) is 0 Å². The molecule has 1 aromatic carbocycles. The van der Waals surface area contributed by atoms with Gasteiger partial charge in [0.05, 0.1) is 6.54 Å². The molecule has 0 saturated carbocycles. The number of imide groups is 1. The maximum absolute atomic E-state index is 12.7. The molecular formula is C11H10F3N3O2. The molecule has 102 valence electrons. The predicted molar refractivity (Wildman–Crippen MR) is 58.5 cm³/mol. The second-order valence-corrected chi connectivity index (χ2v) is 4.11. The summed E-state index contributed by atoms with van der Waals surface area (Å²) in [5.74, 6) is -1.51. The minimum atomic E-state index is -5.05. The Bertz CT molecular complexity index is 518. The average molecular weight is 273 g/mol. The Morgan fingerprint density at radius 2 is 1.79 bits per heavy atom. The van der Waals surface area contributed by atoms with E-state index in [1.54, 1.807) is 30.3 Å². The van der Waals surface area contributed by atoms with Gasteiger partial charge in [0, 0.05) is 0 Å². The first-order valence-electron chi connectivity index (χ1n) is 5.29. The number of hydrogen-bond acceptors (Lipinski definition) is 3. The fourth-order valence-electron chi connectivity index (χ4n) is 1.70. The molecule has 0 unspecified atom stereocenters. The van der Waals surface area contributed by atoms with Crippen molar-refractivity contribution in [2.24, 2.45) is 5.73 Å². The number of benzene rings is 1. The highest BCUT2D eigenvalue weighted by Gasteiger charge is 2.65. The van der Waals surface area contributed by atoms with Gasteiger partial charge in [0.2, 0.25) is 0 Å². The van der Waals surface area contributed by atoms with E-state index in [-0.39, 0.29) is 6.54 Å². The molecule has 0 aromatic heterocycles. The molecule has 3 N–H and O–H groups in total. The van der Waals surface area contributed by atoms with E-state index in [0.717, 1.165) is 0 Å². The maximum Gasteiger partial charge on any atom is 0.434 e. The van der Waals surface area contributed by atoms with Gasteiger partial charge < -0.3 is 5.32 Å². The smallest absolute Gasteiger partial charge is 0.304 e. The first-order chi connectivity index (χ1) is 8.75. The second kappa shape index (κ2) is 4.23. The number of carbonyl (C=O) groups excluding carboxylic acids is 2. The molecule has 5 nitrogen and oxygen atoms in total. The van der Waals surface area contributed by atoms with Gasteiger partial charge in [-0.2, -0.15) is 13.2 Å². The van der Waals surface area contributed by atoms with Crippen LogP contribution < -0.4 is 11.1 Å². The Morgan fingerprint density at radius 3 is 2.26 bits per heavy atom. The van der Waals surface area contributed by atoms with Crippen LogP contribution in [0.5, 0.6) is 0 Å². The number of alkyl halides is 3. The molecule has 1 atom stereocenters. The van der Waals surface area contributed by atoms with E-state index in [0.29, 0.717) is 10.5 Å². The molecule has 1 aromatic rings. The van der Waals surface area contributed by atoms with Crippen molar-refractivity contribution in [3.05, 3.63) is 35.9 Å². The topological polar surface area (TPSA) is 75.4 Å². The number of nitrogens with zero attached hydrogens (tertiary/aromatic N) is 1. The van der Waals surface area contributed by atoms with Crippen LogP contribution in [-0.2, 0) is 11.3 Å². The molecule has 1 heterocycles. The molecule has 0 aliphatic carbocycles. The summed E-state index contributed by atoms with van der Waals surface area (Å²) in [6.07, 6.45) is -5.05. The highest BCUT2D eigenvalue weighted by molar-refractivity contribution is 6.07. The predicted octanol–water partition coefficient (Wildman–Crippen LogP) is 0.956. The third-order valence-electron chi connectivity index (χ3n) is 2.76. The molecule has 1 saturated heterocycles. The van der Waals surface area contributed by atoms with Crippen LogP contribution in [0.1, 0.15) is 5.56 Å². The van der Waals surface area contributed by atoms with Crippen molar-refractivity contribution in [1.29, 1.82) is 0 Å². The van der Waals surface area contributed by atoms with Crippen LogP contribution in [0.2, 0.25) is 0 Å². The van der Waals surface area contributed by atoms with Crippen LogP contribution in [0, 0.1) is 0 Å². The van der Waals surface area contributed by atoms with E-state index >= 15 is 0 Å². The highest BCUT2D eigenvalue weighted by atomic mass is 19.4. The number of rotatable bonds is 2. The molecule has 3 amide bonds. The molecule has 0 radical (unpaired) electrons. The lowest BCUT2D eigenvalue weighted by atomic mass is 10.1. The van der Waals surface area contributed by atoms with Crippen molar-refractivity contribution in [2.75, 3.05) is 0 Å². The van der Waals surface area contributed by atoms with Crippen LogP contribution in [0.15, 0.2) is 30.3 Å². The summed E-state index contributed by atoms with van der Waals surface area (Å²) in [6.45, 7) is -0.263. The third kappa shape index (κ3) is 2.14. The van der Waals surface area contributed by atoms with Crippen molar-refractivity contribution in [1.82, 2.24) is 10.2 Å². The fraction of sp³-hybridized carbons (Fsp3) is 0.273. The van der Waals surface area contributed by atoms with E-state index < -0.39 is 23.8 Å². The lowest BCUT2D eigenvalue weighted by molar-refractivity contribution is -0.194. The van der Waals surface area contributed by atoms with Crippen molar-refractivity contribution in [3.63, 3.8) is 0 Å². The molecule has 1 aliphatic heterocycles. The first kappa shape index (κ1) is 13.3. The largest absolute Gasteiger partial charge is 0.434 e. The van der Waals surface area contributed by atoms with Crippen LogP contribution >= 0.6 is 0 Å². The zero-order chi connectivity index (χ0) is 14.3. The van der Waals surface area contributed by atoms with Crippen LogP contribution in [0.3, 0.4) is 0 Å². The Labute approximate surface area is 106 Å². The summed E-state index contributed by atoms with van der Waals surface area (Å²) < 4.78 is 38.1. The Balaban J connectivity index is 2.25. The summed E-state index contributed by atoms with van der Waals surface area (Å²) in [4.78, 5) is 23.6. The van der Waals surface area contributed by atoms with Gasteiger partial charge in [-0.1, -0.05) is 30.3 Å². The second-order valence-electron chi connectivity index (χ2n) is 4.11. The quantitative estimate of drug-likeness (QED) is 0.788. The molecular weight excluding hydrogens is 263 g/mol. The zero-order valence-electron chi connectivity index (χ0n) is 9.57. The number of carbonyl (C=O) groups is 2. The lowest BCUT2D eigenvalue weighted by Crippen LogP contribution is -2.65. The monoisotopic (exact) mass is 273 g/mol. The maximum atomic E-state index is 12.7. The summed E-state index contributed by atoms with van der Waals surface area (Å²) in [5.41, 5.74) is 2.14. The van der Waals surface area contributed by atoms with Crippen molar-refractivity contribution in [2.45, 2.75) is 18.4 Å². The van der Waals surface area contributed by atoms with Gasteiger partial charge in [0.15, 0.2) is 0 Å². The van der Waals surface area contributed by atoms with Gasteiger partial charge in [-0.15, -0.1) is 0 Å². The van der Waals surface area contributed by atoms with E-state index in [2.05, 4.69) is 0 Å². The first-order valence-corrected chi connectivity index (χ1v) is 5.29. The molecule has 1 aliphatic rings. The number of halogens is 3. The lowest BCUT2D eigenvalue weighted by Gasteiger charge is -2.24. The number of nitrogens with one attached hydrogen (secondary N) is 1. The van der Waals surface area contributed by atoms with Gasteiger partial charge in [-0.25, -0.2) is 4.79 Å². The van der Waals surface area contributed by atoms with Crippen LogP contribution in [0.4, 0.5) is 18.0 Å². The third-order valence-corrected chi connectivity index (χ3v) is 2.76. The summed E-state index contributed by atoms with van der Waals surface area (Å²) in [7, 11) is 0. The molecule has 2 rings (SSSR count). The highest BCUT2D eigenvalue weighted by Crippen LogP contribution is 2.32. The molecule has 8 heteroatoms. The Kier molecular flexibility index (Phi) is 2.97. The zero-order valence-corrected chi connectivity index (χ0v) is 9.57. The minimum Gasteiger partial charge on any atom is -0.304 e. The van der Waals surface area contributed by atoms with E-state index in [9.17, 15) is 22.8 Å². The summed E-state index contributed by atoms with van der Waals surface area (Å²) in [6, 6.07) is 7.02. The van der Waals surface area contributed by atoms with E-state index in [1.807, 2.05) is 0 Å². The van der Waals surface area contributed by atoms with Gasteiger partial charge in [0.1, 0.15) is 0 Å². The number of amides is 3. The van der Waals surface area contributed by atoms with Crippen molar-refractivity contribution in [3.8, 4) is 0 Å². The Hall–Kier alpha value is -2.09. The van der Waals surface area contributed by atoms with Crippen molar-refractivity contribution >= 4 is 11.9 Å². The minimum absolute atomic E-state index is 0.263.